The van der Waals surface area contributed by atoms with E-state index in [4.69, 9.17) is 9.47 Å². The van der Waals surface area contributed by atoms with Crippen LogP contribution in [-0.2, 0) is 9.47 Å². The van der Waals surface area contributed by atoms with E-state index in [-0.39, 0.29) is 0 Å². The molecule has 0 saturated carbocycles. The standard InChI is InChI=1S/C14H29NO2/c1-3-8-16-11-7-14(15-4-2)12-13-5-9-17-10-6-13/h13-15H,3-12H2,1-2H3. The van der Waals surface area contributed by atoms with Crippen LogP contribution in [0.5, 0.6) is 0 Å². The van der Waals surface area contributed by atoms with E-state index in [2.05, 4.69) is 19.2 Å². The lowest BCUT2D eigenvalue weighted by Crippen LogP contribution is -2.33. The Labute approximate surface area is 106 Å². The van der Waals surface area contributed by atoms with E-state index in [1.165, 1.54) is 19.3 Å². The van der Waals surface area contributed by atoms with Crippen molar-refractivity contribution in [2.24, 2.45) is 5.92 Å². The highest BCUT2D eigenvalue weighted by Crippen LogP contribution is 2.21. The number of hydrogen-bond donors (Lipinski definition) is 1. The second-order valence-electron chi connectivity index (χ2n) is 4.95. The molecular formula is C14H29NO2. The first-order chi connectivity index (χ1) is 8.36. The van der Waals surface area contributed by atoms with Gasteiger partial charge in [-0.05, 0) is 44.6 Å². The first-order valence-electron chi connectivity index (χ1n) is 7.25. The van der Waals surface area contributed by atoms with Gasteiger partial charge in [-0.15, -0.1) is 0 Å². The van der Waals surface area contributed by atoms with Crippen molar-refractivity contribution >= 4 is 0 Å². The van der Waals surface area contributed by atoms with Gasteiger partial charge in [0.25, 0.3) is 0 Å². The Kier molecular flexibility index (Phi) is 8.67. The fourth-order valence-electron chi connectivity index (χ4n) is 2.45. The smallest absolute Gasteiger partial charge is 0.0480 e. The summed E-state index contributed by atoms with van der Waals surface area (Å²) >= 11 is 0. The van der Waals surface area contributed by atoms with Crippen LogP contribution in [-0.4, -0.2) is 39.0 Å². The van der Waals surface area contributed by atoms with E-state index >= 15 is 0 Å². The molecule has 1 N–H and O–H groups in total. The zero-order valence-corrected chi connectivity index (χ0v) is 11.5. The maximum absolute atomic E-state index is 5.58. The van der Waals surface area contributed by atoms with Crippen LogP contribution in [0.15, 0.2) is 0 Å². The van der Waals surface area contributed by atoms with Gasteiger partial charge in [0, 0.05) is 32.5 Å². The van der Waals surface area contributed by atoms with Gasteiger partial charge in [0.2, 0.25) is 0 Å². The molecule has 1 atom stereocenters. The molecule has 1 aliphatic rings. The largest absolute Gasteiger partial charge is 0.381 e. The summed E-state index contributed by atoms with van der Waals surface area (Å²) in [7, 11) is 0. The molecule has 0 radical (unpaired) electrons. The van der Waals surface area contributed by atoms with Crippen LogP contribution in [0.2, 0.25) is 0 Å². The van der Waals surface area contributed by atoms with E-state index in [0.29, 0.717) is 6.04 Å². The first-order valence-corrected chi connectivity index (χ1v) is 7.25. The zero-order chi connectivity index (χ0) is 12.3. The summed E-state index contributed by atoms with van der Waals surface area (Å²) in [5, 5.41) is 3.59. The second-order valence-corrected chi connectivity index (χ2v) is 4.95. The lowest BCUT2D eigenvalue weighted by Gasteiger charge is -2.27. The quantitative estimate of drug-likeness (QED) is 0.631. The zero-order valence-electron chi connectivity index (χ0n) is 11.5. The molecule has 0 spiro atoms. The van der Waals surface area contributed by atoms with Gasteiger partial charge in [-0.2, -0.15) is 0 Å². The van der Waals surface area contributed by atoms with Crippen molar-refractivity contribution in [1.82, 2.24) is 5.32 Å². The Balaban J connectivity index is 2.16. The molecule has 0 aromatic carbocycles. The summed E-state index contributed by atoms with van der Waals surface area (Å²) in [5.74, 6) is 0.846. The number of ether oxygens (including phenoxy) is 2. The number of nitrogens with one attached hydrogen (secondary N) is 1. The van der Waals surface area contributed by atoms with Gasteiger partial charge < -0.3 is 14.8 Å². The summed E-state index contributed by atoms with van der Waals surface area (Å²) in [4.78, 5) is 0. The molecule has 17 heavy (non-hydrogen) atoms. The van der Waals surface area contributed by atoms with Gasteiger partial charge in [-0.3, -0.25) is 0 Å². The minimum absolute atomic E-state index is 0.625. The molecule has 1 aliphatic heterocycles. The fourth-order valence-corrected chi connectivity index (χ4v) is 2.45. The second kappa shape index (κ2) is 9.86. The third-order valence-electron chi connectivity index (χ3n) is 3.41. The van der Waals surface area contributed by atoms with Gasteiger partial charge in [-0.25, -0.2) is 0 Å². The maximum Gasteiger partial charge on any atom is 0.0480 e. The highest BCUT2D eigenvalue weighted by atomic mass is 16.5. The van der Waals surface area contributed by atoms with Crippen molar-refractivity contribution in [1.29, 1.82) is 0 Å². The average molecular weight is 243 g/mol. The maximum atomic E-state index is 5.58. The average Bonchev–Trinajstić information content (AvgIpc) is 2.36. The summed E-state index contributed by atoms with van der Waals surface area (Å²) in [6, 6.07) is 0.625. The molecule has 0 aromatic rings. The Morgan fingerprint density at radius 3 is 2.65 bits per heavy atom. The van der Waals surface area contributed by atoms with E-state index in [0.717, 1.165) is 51.7 Å². The van der Waals surface area contributed by atoms with Gasteiger partial charge in [0.1, 0.15) is 0 Å². The van der Waals surface area contributed by atoms with Crippen LogP contribution < -0.4 is 5.32 Å². The minimum Gasteiger partial charge on any atom is -0.381 e. The van der Waals surface area contributed by atoms with Crippen molar-refractivity contribution in [3.8, 4) is 0 Å². The Bertz CT molecular complexity index is 170. The first kappa shape index (κ1) is 14.9. The predicted octanol–water partition coefficient (Wildman–Crippen LogP) is 2.60. The topological polar surface area (TPSA) is 30.5 Å². The van der Waals surface area contributed by atoms with Crippen LogP contribution in [0.1, 0.15) is 46.0 Å². The van der Waals surface area contributed by atoms with Crippen LogP contribution in [0.3, 0.4) is 0 Å². The molecule has 3 heteroatoms. The molecule has 102 valence electrons. The summed E-state index contributed by atoms with van der Waals surface area (Å²) < 4.78 is 11.0. The molecule has 1 fully saturated rings. The van der Waals surface area contributed by atoms with E-state index in [1.54, 1.807) is 0 Å². The summed E-state index contributed by atoms with van der Waals surface area (Å²) in [6.07, 6.45) is 6.01. The molecular weight excluding hydrogens is 214 g/mol. The monoisotopic (exact) mass is 243 g/mol. The minimum atomic E-state index is 0.625. The molecule has 0 aliphatic carbocycles. The van der Waals surface area contributed by atoms with Crippen molar-refractivity contribution in [2.45, 2.75) is 52.0 Å². The lowest BCUT2D eigenvalue weighted by atomic mass is 9.91. The van der Waals surface area contributed by atoms with Crippen molar-refractivity contribution in [2.75, 3.05) is 33.0 Å². The van der Waals surface area contributed by atoms with Crippen LogP contribution >= 0.6 is 0 Å². The van der Waals surface area contributed by atoms with Crippen LogP contribution in [0, 0.1) is 5.92 Å². The molecule has 1 saturated heterocycles. The van der Waals surface area contributed by atoms with E-state index in [1.807, 2.05) is 0 Å². The van der Waals surface area contributed by atoms with E-state index < -0.39 is 0 Å². The molecule has 0 aromatic heterocycles. The van der Waals surface area contributed by atoms with E-state index in [9.17, 15) is 0 Å². The van der Waals surface area contributed by atoms with Crippen LogP contribution in [0.25, 0.3) is 0 Å². The molecule has 0 bridgehead atoms. The van der Waals surface area contributed by atoms with Crippen LogP contribution in [0.4, 0.5) is 0 Å². The van der Waals surface area contributed by atoms with Crippen molar-refractivity contribution in [3.05, 3.63) is 0 Å². The third kappa shape index (κ3) is 7.02. The molecule has 0 amide bonds. The SMILES string of the molecule is CCCOCCC(CC1CCOCC1)NCC. The van der Waals surface area contributed by atoms with Crippen molar-refractivity contribution in [3.63, 3.8) is 0 Å². The predicted molar refractivity (Wildman–Crippen MR) is 71.4 cm³/mol. The fraction of sp³-hybridized carbons (Fsp3) is 1.00. The Morgan fingerprint density at radius 2 is 2.00 bits per heavy atom. The van der Waals surface area contributed by atoms with Gasteiger partial charge in [0.05, 0.1) is 0 Å². The third-order valence-corrected chi connectivity index (χ3v) is 3.41. The van der Waals surface area contributed by atoms with Gasteiger partial charge >= 0.3 is 0 Å². The molecule has 3 nitrogen and oxygen atoms in total. The highest BCUT2D eigenvalue weighted by molar-refractivity contribution is 4.73. The highest BCUT2D eigenvalue weighted by Gasteiger charge is 2.18. The van der Waals surface area contributed by atoms with Crippen molar-refractivity contribution < 1.29 is 9.47 Å². The summed E-state index contributed by atoms with van der Waals surface area (Å²) in [5.41, 5.74) is 0. The lowest BCUT2D eigenvalue weighted by molar-refractivity contribution is 0.0577. The Morgan fingerprint density at radius 1 is 1.24 bits per heavy atom. The molecule has 1 unspecified atom stereocenters. The van der Waals surface area contributed by atoms with Gasteiger partial charge in [-0.1, -0.05) is 13.8 Å². The Hall–Kier alpha value is -0.120. The number of rotatable bonds is 9. The normalized spacial score (nSPS) is 19.4. The van der Waals surface area contributed by atoms with Gasteiger partial charge in [0.15, 0.2) is 0 Å². The summed E-state index contributed by atoms with van der Waals surface area (Å²) in [6.45, 7) is 9.10. The molecule has 1 heterocycles. The molecule has 1 rings (SSSR count). The number of hydrogen-bond acceptors (Lipinski definition) is 3.